The zero-order chi connectivity index (χ0) is 17.1. The third kappa shape index (κ3) is 4.10. The summed E-state index contributed by atoms with van der Waals surface area (Å²) in [5, 5.41) is 4.51. The number of hydrogen-bond donors (Lipinski definition) is 2. The highest BCUT2D eigenvalue weighted by molar-refractivity contribution is 6.30. The topological polar surface area (TPSA) is 55.1 Å². The number of halogens is 2. The first-order valence-corrected chi connectivity index (χ1v) is 8.85. The van der Waals surface area contributed by atoms with Gasteiger partial charge in [-0.25, -0.2) is 0 Å². The average Bonchev–Trinajstić information content (AvgIpc) is 3.01. The molecule has 0 spiro atoms. The quantitative estimate of drug-likeness (QED) is 0.850. The number of benzene rings is 2. The monoisotopic (exact) mass is 362 g/mol. The van der Waals surface area contributed by atoms with E-state index in [-0.39, 0.29) is 23.9 Å². The molecule has 126 valence electrons. The molecule has 24 heavy (non-hydrogen) atoms. The summed E-state index contributed by atoms with van der Waals surface area (Å²) in [6, 6.07) is 15.0. The molecule has 1 fully saturated rings. The smallest absolute Gasteiger partial charge is 0.223 e. The molecule has 0 aliphatic heterocycles. The van der Waals surface area contributed by atoms with E-state index in [2.05, 4.69) is 5.32 Å². The second-order valence-corrected chi connectivity index (χ2v) is 7.19. The summed E-state index contributed by atoms with van der Waals surface area (Å²) in [6.07, 6.45) is 2.51. The lowest BCUT2D eigenvalue weighted by Crippen LogP contribution is -2.34. The predicted octanol–water partition coefficient (Wildman–Crippen LogP) is 4.33. The molecule has 2 unspecified atom stereocenters. The van der Waals surface area contributed by atoms with Gasteiger partial charge >= 0.3 is 0 Å². The Morgan fingerprint density at radius 2 is 1.46 bits per heavy atom. The zero-order valence-electron chi connectivity index (χ0n) is 13.2. The van der Waals surface area contributed by atoms with E-state index in [1.54, 1.807) is 0 Å². The van der Waals surface area contributed by atoms with Crippen molar-refractivity contribution in [3.8, 4) is 0 Å². The molecule has 3 rings (SSSR count). The standard InChI is InChI=1S/C19H20Cl2N2O/c20-15-6-1-12(2-7-15)18(13-3-8-16(21)9-4-13)23-19(24)14-5-10-17(22)11-14/h1-4,6-9,14,17-18H,5,10-11,22H2,(H,23,24). The minimum Gasteiger partial charge on any atom is -0.345 e. The van der Waals surface area contributed by atoms with Gasteiger partial charge in [-0.1, -0.05) is 47.5 Å². The average molecular weight is 363 g/mol. The van der Waals surface area contributed by atoms with E-state index in [0.717, 1.165) is 30.4 Å². The van der Waals surface area contributed by atoms with Crippen LogP contribution in [0, 0.1) is 5.92 Å². The van der Waals surface area contributed by atoms with Crippen molar-refractivity contribution < 1.29 is 4.79 Å². The van der Waals surface area contributed by atoms with E-state index in [0.29, 0.717) is 10.0 Å². The first kappa shape index (κ1) is 17.3. The Bertz CT molecular complexity index is 655. The first-order chi connectivity index (χ1) is 11.5. The highest BCUT2D eigenvalue weighted by atomic mass is 35.5. The van der Waals surface area contributed by atoms with Gasteiger partial charge in [-0.3, -0.25) is 4.79 Å². The molecular weight excluding hydrogens is 343 g/mol. The Labute approximate surface area is 152 Å². The van der Waals surface area contributed by atoms with E-state index in [4.69, 9.17) is 28.9 Å². The molecule has 0 heterocycles. The number of amides is 1. The molecule has 1 aliphatic carbocycles. The summed E-state index contributed by atoms with van der Waals surface area (Å²) in [7, 11) is 0. The molecule has 3 N–H and O–H groups in total. The fourth-order valence-electron chi connectivity index (χ4n) is 3.18. The first-order valence-electron chi connectivity index (χ1n) is 8.10. The second-order valence-electron chi connectivity index (χ2n) is 6.31. The van der Waals surface area contributed by atoms with Crippen molar-refractivity contribution in [2.45, 2.75) is 31.3 Å². The molecule has 0 radical (unpaired) electrons. The minimum atomic E-state index is -0.233. The second kappa shape index (κ2) is 7.56. The Balaban J connectivity index is 1.85. The number of carbonyl (C=O) groups is 1. The van der Waals surface area contributed by atoms with Crippen LogP contribution in [0.1, 0.15) is 36.4 Å². The Morgan fingerprint density at radius 3 is 1.88 bits per heavy atom. The van der Waals surface area contributed by atoms with Gasteiger partial charge in [0.05, 0.1) is 6.04 Å². The van der Waals surface area contributed by atoms with Crippen LogP contribution >= 0.6 is 23.2 Å². The van der Waals surface area contributed by atoms with E-state index in [1.165, 1.54) is 0 Å². The van der Waals surface area contributed by atoms with Crippen molar-refractivity contribution in [3.63, 3.8) is 0 Å². The minimum absolute atomic E-state index is 0.0119. The molecule has 1 aliphatic rings. The van der Waals surface area contributed by atoms with E-state index < -0.39 is 0 Å². The van der Waals surface area contributed by atoms with Crippen LogP contribution in [0.4, 0.5) is 0 Å². The van der Waals surface area contributed by atoms with Crippen molar-refractivity contribution >= 4 is 29.1 Å². The molecule has 2 aromatic carbocycles. The molecule has 1 saturated carbocycles. The lowest BCUT2D eigenvalue weighted by molar-refractivity contribution is -0.125. The van der Waals surface area contributed by atoms with Crippen LogP contribution in [-0.4, -0.2) is 11.9 Å². The van der Waals surface area contributed by atoms with Crippen LogP contribution in [-0.2, 0) is 4.79 Å². The van der Waals surface area contributed by atoms with E-state index in [9.17, 15) is 4.79 Å². The Kier molecular flexibility index (Phi) is 5.44. The molecule has 3 nitrogen and oxygen atoms in total. The molecule has 0 saturated heterocycles. The third-order valence-electron chi connectivity index (χ3n) is 4.54. The van der Waals surface area contributed by atoms with Gasteiger partial charge in [0, 0.05) is 22.0 Å². The van der Waals surface area contributed by atoms with Crippen molar-refractivity contribution in [2.24, 2.45) is 11.7 Å². The number of nitrogens with two attached hydrogens (primary N) is 1. The summed E-state index contributed by atoms with van der Waals surface area (Å²) in [6.45, 7) is 0. The van der Waals surface area contributed by atoms with Gasteiger partial charge in [-0.05, 0) is 54.7 Å². The molecular formula is C19H20Cl2N2O. The predicted molar refractivity (Wildman–Crippen MR) is 98.2 cm³/mol. The van der Waals surface area contributed by atoms with Crippen LogP contribution in [0.3, 0.4) is 0 Å². The van der Waals surface area contributed by atoms with E-state index >= 15 is 0 Å². The molecule has 0 aromatic heterocycles. The van der Waals surface area contributed by atoms with Crippen molar-refractivity contribution in [1.82, 2.24) is 5.32 Å². The summed E-state index contributed by atoms with van der Waals surface area (Å²) < 4.78 is 0. The van der Waals surface area contributed by atoms with Gasteiger partial charge in [-0.15, -0.1) is 0 Å². The highest BCUT2D eigenvalue weighted by Gasteiger charge is 2.29. The molecule has 2 aromatic rings. The molecule has 5 heteroatoms. The van der Waals surface area contributed by atoms with Gasteiger partial charge < -0.3 is 11.1 Å². The van der Waals surface area contributed by atoms with Crippen LogP contribution in [0.15, 0.2) is 48.5 Å². The molecule has 0 bridgehead atoms. The van der Waals surface area contributed by atoms with Gasteiger partial charge in [0.1, 0.15) is 0 Å². The fraction of sp³-hybridized carbons (Fsp3) is 0.316. The number of carbonyl (C=O) groups excluding carboxylic acids is 1. The maximum Gasteiger partial charge on any atom is 0.223 e. The number of rotatable bonds is 4. The van der Waals surface area contributed by atoms with Crippen molar-refractivity contribution in [2.75, 3.05) is 0 Å². The molecule has 1 amide bonds. The summed E-state index contributed by atoms with van der Waals surface area (Å²) in [5.41, 5.74) is 7.91. The maximum absolute atomic E-state index is 12.7. The van der Waals surface area contributed by atoms with Gasteiger partial charge in [0.15, 0.2) is 0 Å². The van der Waals surface area contributed by atoms with Crippen LogP contribution in [0.5, 0.6) is 0 Å². The number of nitrogens with one attached hydrogen (secondary N) is 1. The van der Waals surface area contributed by atoms with Gasteiger partial charge in [0.2, 0.25) is 5.91 Å². The van der Waals surface area contributed by atoms with Crippen LogP contribution in [0.25, 0.3) is 0 Å². The number of hydrogen-bond acceptors (Lipinski definition) is 2. The Morgan fingerprint density at radius 1 is 0.958 bits per heavy atom. The normalized spacial score (nSPS) is 20.3. The fourth-order valence-corrected chi connectivity index (χ4v) is 3.44. The van der Waals surface area contributed by atoms with E-state index in [1.807, 2.05) is 48.5 Å². The Hall–Kier alpha value is -1.55. The zero-order valence-corrected chi connectivity index (χ0v) is 14.7. The van der Waals surface area contributed by atoms with Gasteiger partial charge in [0.25, 0.3) is 0 Å². The van der Waals surface area contributed by atoms with Crippen LogP contribution in [0.2, 0.25) is 10.0 Å². The summed E-state index contributed by atoms with van der Waals surface area (Å²) >= 11 is 12.0. The van der Waals surface area contributed by atoms with Crippen molar-refractivity contribution in [3.05, 3.63) is 69.7 Å². The SMILES string of the molecule is NC1CCC(C(=O)NC(c2ccc(Cl)cc2)c2ccc(Cl)cc2)C1. The lowest BCUT2D eigenvalue weighted by atomic mass is 9.97. The van der Waals surface area contributed by atoms with Crippen molar-refractivity contribution in [1.29, 1.82) is 0 Å². The maximum atomic E-state index is 12.7. The van der Waals surface area contributed by atoms with Crippen LogP contribution < -0.4 is 11.1 Å². The summed E-state index contributed by atoms with van der Waals surface area (Å²) in [5.74, 6) is 0.0416. The largest absolute Gasteiger partial charge is 0.345 e. The summed E-state index contributed by atoms with van der Waals surface area (Å²) in [4.78, 5) is 12.7. The molecule has 2 atom stereocenters. The van der Waals surface area contributed by atoms with Gasteiger partial charge in [-0.2, -0.15) is 0 Å². The highest BCUT2D eigenvalue weighted by Crippen LogP contribution is 2.28. The third-order valence-corrected chi connectivity index (χ3v) is 5.04. The lowest BCUT2D eigenvalue weighted by Gasteiger charge is -2.22.